The van der Waals surface area contributed by atoms with Gasteiger partial charge in [-0.25, -0.2) is 5.43 Å². The molecule has 21 heavy (non-hydrogen) atoms. The van der Waals surface area contributed by atoms with Crippen molar-refractivity contribution in [2.45, 2.75) is 6.92 Å². The quantitative estimate of drug-likeness (QED) is 0.591. The van der Waals surface area contributed by atoms with E-state index in [1.54, 1.807) is 43.3 Å². The molecule has 108 valence electrons. The summed E-state index contributed by atoms with van der Waals surface area (Å²) in [6.07, 6.45) is 0. The summed E-state index contributed by atoms with van der Waals surface area (Å²) in [7, 11) is 0. The molecule has 3 nitrogen and oxygen atoms in total. The van der Waals surface area contributed by atoms with Crippen molar-refractivity contribution < 1.29 is 4.79 Å². The Morgan fingerprint density at radius 2 is 1.86 bits per heavy atom. The second-order valence-corrected chi connectivity index (χ2v) is 6.01. The van der Waals surface area contributed by atoms with E-state index in [0.29, 0.717) is 21.3 Å². The summed E-state index contributed by atoms with van der Waals surface area (Å²) in [5, 5.41) is 5.00. The monoisotopic (exact) mass is 384 g/mol. The SMILES string of the molecule is C/C(=N\NC(=O)c1cccc(Br)c1)c1ccc(Cl)c(Cl)c1. The van der Waals surface area contributed by atoms with Gasteiger partial charge in [0.25, 0.3) is 5.91 Å². The molecule has 2 aromatic carbocycles. The minimum absolute atomic E-state index is 0.282. The molecule has 0 aromatic heterocycles. The maximum atomic E-state index is 12.0. The Labute approximate surface area is 141 Å². The number of hydrazone groups is 1. The summed E-state index contributed by atoms with van der Waals surface area (Å²) >= 11 is 15.1. The topological polar surface area (TPSA) is 41.5 Å². The van der Waals surface area contributed by atoms with Crippen LogP contribution in [-0.2, 0) is 0 Å². The lowest BCUT2D eigenvalue weighted by molar-refractivity contribution is 0.0955. The Morgan fingerprint density at radius 1 is 1.10 bits per heavy atom. The molecule has 0 spiro atoms. The number of halogens is 3. The molecule has 0 unspecified atom stereocenters. The first-order valence-electron chi connectivity index (χ1n) is 6.03. The fourth-order valence-corrected chi connectivity index (χ4v) is 2.31. The number of rotatable bonds is 3. The van der Waals surface area contributed by atoms with Gasteiger partial charge in [0, 0.05) is 10.0 Å². The Balaban J connectivity index is 2.13. The fraction of sp³-hybridized carbons (Fsp3) is 0.0667. The van der Waals surface area contributed by atoms with Gasteiger partial charge >= 0.3 is 0 Å². The smallest absolute Gasteiger partial charge is 0.267 e. The lowest BCUT2D eigenvalue weighted by Crippen LogP contribution is -2.19. The molecule has 0 aliphatic heterocycles. The van der Waals surface area contributed by atoms with E-state index in [1.807, 2.05) is 6.07 Å². The van der Waals surface area contributed by atoms with Gasteiger partial charge in [-0.15, -0.1) is 0 Å². The van der Waals surface area contributed by atoms with E-state index in [-0.39, 0.29) is 5.91 Å². The molecule has 2 aromatic rings. The second kappa shape index (κ2) is 7.07. The zero-order valence-electron chi connectivity index (χ0n) is 11.0. The third-order valence-electron chi connectivity index (χ3n) is 2.75. The number of hydrogen-bond acceptors (Lipinski definition) is 2. The van der Waals surface area contributed by atoms with Gasteiger partial charge in [0.1, 0.15) is 0 Å². The van der Waals surface area contributed by atoms with Gasteiger partial charge in [0.05, 0.1) is 15.8 Å². The van der Waals surface area contributed by atoms with Gasteiger partial charge in [0.2, 0.25) is 0 Å². The van der Waals surface area contributed by atoms with Gasteiger partial charge in [-0.3, -0.25) is 4.79 Å². The molecule has 0 aliphatic carbocycles. The molecule has 1 amide bonds. The van der Waals surface area contributed by atoms with Crippen LogP contribution in [0.2, 0.25) is 10.0 Å². The van der Waals surface area contributed by atoms with E-state index in [9.17, 15) is 4.79 Å². The molecule has 0 saturated heterocycles. The molecular weight excluding hydrogens is 375 g/mol. The van der Waals surface area contributed by atoms with Crippen molar-refractivity contribution in [3.05, 3.63) is 68.1 Å². The van der Waals surface area contributed by atoms with Gasteiger partial charge < -0.3 is 0 Å². The number of nitrogens with zero attached hydrogens (tertiary/aromatic N) is 1. The van der Waals surface area contributed by atoms with E-state index in [4.69, 9.17) is 23.2 Å². The minimum Gasteiger partial charge on any atom is -0.267 e. The number of carbonyl (C=O) groups is 1. The van der Waals surface area contributed by atoms with Crippen LogP contribution < -0.4 is 5.43 Å². The number of hydrogen-bond donors (Lipinski definition) is 1. The Bertz CT molecular complexity index is 717. The van der Waals surface area contributed by atoms with Crippen LogP contribution in [0, 0.1) is 0 Å². The Kier molecular flexibility index (Phi) is 5.39. The number of carbonyl (C=O) groups excluding carboxylic acids is 1. The van der Waals surface area contributed by atoms with Gasteiger partial charge in [-0.2, -0.15) is 5.10 Å². The van der Waals surface area contributed by atoms with E-state index >= 15 is 0 Å². The first kappa shape index (κ1) is 16.0. The van der Waals surface area contributed by atoms with Crippen LogP contribution in [0.15, 0.2) is 52.0 Å². The molecular formula is C15H11BrCl2N2O. The summed E-state index contributed by atoms with van der Waals surface area (Å²) in [6, 6.07) is 12.2. The molecule has 0 atom stereocenters. The molecule has 0 heterocycles. The molecule has 6 heteroatoms. The minimum atomic E-state index is -0.282. The van der Waals surface area contributed by atoms with Crippen molar-refractivity contribution in [1.29, 1.82) is 0 Å². The first-order chi connectivity index (χ1) is 9.97. The van der Waals surface area contributed by atoms with Crippen molar-refractivity contribution in [3.8, 4) is 0 Å². The predicted octanol–water partition coefficient (Wildman–Crippen LogP) is 4.91. The molecule has 2 rings (SSSR count). The summed E-state index contributed by atoms with van der Waals surface area (Å²) in [5.74, 6) is -0.282. The lowest BCUT2D eigenvalue weighted by atomic mass is 10.1. The molecule has 0 fully saturated rings. The maximum Gasteiger partial charge on any atom is 0.271 e. The van der Waals surface area contributed by atoms with Gasteiger partial charge in [0.15, 0.2) is 0 Å². The Hall–Kier alpha value is -1.36. The highest BCUT2D eigenvalue weighted by Crippen LogP contribution is 2.22. The highest BCUT2D eigenvalue weighted by Gasteiger charge is 2.06. The Morgan fingerprint density at radius 3 is 2.52 bits per heavy atom. The summed E-state index contributed by atoms with van der Waals surface area (Å²) in [5.41, 5.74) is 4.46. The fourth-order valence-electron chi connectivity index (χ4n) is 1.61. The summed E-state index contributed by atoms with van der Waals surface area (Å²) < 4.78 is 0.834. The van der Waals surface area contributed by atoms with Crippen LogP contribution in [-0.4, -0.2) is 11.6 Å². The third-order valence-corrected chi connectivity index (χ3v) is 3.98. The largest absolute Gasteiger partial charge is 0.271 e. The molecule has 0 radical (unpaired) electrons. The van der Waals surface area contributed by atoms with Crippen molar-refractivity contribution in [2.24, 2.45) is 5.10 Å². The van der Waals surface area contributed by atoms with Gasteiger partial charge in [-0.05, 0) is 42.8 Å². The van der Waals surface area contributed by atoms with Crippen molar-refractivity contribution >= 4 is 50.8 Å². The number of nitrogens with one attached hydrogen (secondary N) is 1. The van der Waals surface area contributed by atoms with Gasteiger partial charge in [-0.1, -0.05) is 51.3 Å². The van der Waals surface area contributed by atoms with Crippen LogP contribution in [0.25, 0.3) is 0 Å². The van der Waals surface area contributed by atoms with E-state index < -0.39 is 0 Å². The van der Waals surface area contributed by atoms with Crippen LogP contribution >= 0.6 is 39.1 Å². The number of benzene rings is 2. The zero-order valence-corrected chi connectivity index (χ0v) is 14.1. The molecule has 0 saturated carbocycles. The molecule has 0 aliphatic rings. The second-order valence-electron chi connectivity index (χ2n) is 4.28. The molecule has 0 bridgehead atoms. The van der Waals surface area contributed by atoms with E-state index in [2.05, 4.69) is 26.5 Å². The van der Waals surface area contributed by atoms with Crippen molar-refractivity contribution in [2.75, 3.05) is 0 Å². The van der Waals surface area contributed by atoms with Crippen LogP contribution in [0.1, 0.15) is 22.8 Å². The summed E-state index contributed by atoms with van der Waals surface area (Å²) in [4.78, 5) is 12.0. The van der Waals surface area contributed by atoms with Crippen molar-refractivity contribution in [3.63, 3.8) is 0 Å². The lowest BCUT2D eigenvalue weighted by Gasteiger charge is -2.04. The normalized spacial score (nSPS) is 11.3. The molecule has 1 N–H and O–H groups in total. The maximum absolute atomic E-state index is 12.0. The van der Waals surface area contributed by atoms with Crippen molar-refractivity contribution in [1.82, 2.24) is 5.43 Å². The third kappa shape index (κ3) is 4.30. The number of amides is 1. The first-order valence-corrected chi connectivity index (χ1v) is 7.58. The van der Waals surface area contributed by atoms with Crippen LogP contribution in [0.4, 0.5) is 0 Å². The van der Waals surface area contributed by atoms with Crippen LogP contribution in [0.3, 0.4) is 0 Å². The summed E-state index contributed by atoms with van der Waals surface area (Å²) in [6.45, 7) is 1.78. The van der Waals surface area contributed by atoms with E-state index in [0.717, 1.165) is 10.0 Å². The van der Waals surface area contributed by atoms with E-state index in [1.165, 1.54) is 0 Å². The average molecular weight is 386 g/mol. The average Bonchev–Trinajstić information content (AvgIpc) is 2.47. The highest BCUT2D eigenvalue weighted by molar-refractivity contribution is 9.10. The zero-order chi connectivity index (χ0) is 15.4. The standard InChI is InChI=1S/C15H11BrCl2N2O/c1-9(10-5-6-13(17)14(18)8-10)19-20-15(21)11-3-2-4-12(16)7-11/h2-8H,1H3,(H,20,21)/b19-9+. The predicted molar refractivity (Wildman–Crippen MR) is 90.3 cm³/mol. The van der Waals surface area contributed by atoms with Crippen LogP contribution in [0.5, 0.6) is 0 Å². The highest BCUT2D eigenvalue weighted by atomic mass is 79.9.